The van der Waals surface area contributed by atoms with Gasteiger partial charge in [0.2, 0.25) is 0 Å². The molecule has 1 rings (SSSR count). The number of rotatable bonds is 2. The maximum atomic E-state index is 10.8. The third-order valence-electron chi connectivity index (χ3n) is 1.93. The largest absolute Gasteiger partial charge is 0.478 e. The van der Waals surface area contributed by atoms with Crippen molar-refractivity contribution >= 4 is 21.9 Å². The highest BCUT2D eigenvalue weighted by atomic mass is 79.9. The highest BCUT2D eigenvalue weighted by Gasteiger charge is 2.10. The van der Waals surface area contributed by atoms with Crippen LogP contribution in [0.25, 0.3) is 0 Å². The van der Waals surface area contributed by atoms with E-state index in [0.29, 0.717) is 12.1 Å². The molecule has 0 heterocycles. The quantitative estimate of drug-likeness (QED) is 0.835. The van der Waals surface area contributed by atoms with Crippen molar-refractivity contribution in [3.8, 4) is 0 Å². The van der Waals surface area contributed by atoms with E-state index in [0.717, 1.165) is 15.6 Å². The molecule has 1 aromatic carbocycles. The minimum Gasteiger partial charge on any atom is -0.478 e. The fourth-order valence-corrected chi connectivity index (χ4v) is 1.67. The van der Waals surface area contributed by atoms with E-state index in [1.807, 2.05) is 6.07 Å². The Morgan fingerprint density at radius 1 is 1.62 bits per heavy atom. The summed E-state index contributed by atoms with van der Waals surface area (Å²) < 4.78 is 0.746. The number of hydrogen-bond donors (Lipinski definition) is 2. The Bertz CT molecular complexity index is 350. The third-order valence-corrected chi connectivity index (χ3v) is 2.39. The topological polar surface area (TPSA) is 63.3 Å². The Morgan fingerprint density at radius 2 is 2.23 bits per heavy atom. The number of carboxylic acid groups (broad SMARTS) is 1. The zero-order valence-corrected chi connectivity index (χ0v) is 8.76. The van der Waals surface area contributed by atoms with Crippen LogP contribution in [0.3, 0.4) is 0 Å². The average molecular weight is 244 g/mol. The van der Waals surface area contributed by atoms with E-state index < -0.39 is 5.97 Å². The third kappa shape index (κ3) is 2.08. The lowest BCUT2D eigenvalue weighted by atomic mass is 10.0. The molecule has 0 saturated heterocycles. The van der Waals surface area contributed by atoms with Gasteiger partial charge in [-0.3, -0.25) is 0 Å². The van der Waals surface area contributed by atoms with Gasteiger partial charge in [0.15, 0.2) is 0 Å². The van der Waals surface area contributed by atoms with Gasteiger partial charge in [0, 0.05) is 11.0 Å². The van der Waals surface area contributed by atoms with Crippen LogP contribution < -0.4 is 5.73 Å². The lowest BCUT2D eigenvalue weighted by Gasteiger charge is -2.07. The summed E-state index contributed by atoms with van der Waals surface area (Å²) in [7, 11) is 0. The first-order valence-electron chi connectivity index (χ1n) is 3.78. The second kappa shape index (κ2) is 3.89. The van der Waals surface area contributed by atoms with Crippen LogP contribution in [0.5, 0.6) is 0 Å². The molecule has 3 nitrogen and oxygen atoms in total. The molecule has 0 bridgehead atoms. The Kier molecular flexibility index (Phi) is 3.06. The number of hydrogen-bond acceptors (Lipinski definition) is 2. The van der Waals surface area contributed by atoms with Crippen LogP contribution in [0.4, 0.5) is 0 Å². The van der Waals surface area contributed by atoms with E-state index in [1.165, 1.54) is 0 Å². The van der Waals surface area contributed by atoms with Gasteiger partial charge in [0.05, 0.1) is 5.56 Å². The number of nitrogens with two attached hydrogens (primary N) is 1. The van der Waals surface area contributed by atoms with E-state index in [-0.39, 0.29) is 0 Å². The van der Waals surface area contributed by atoms with Crippen LogP contribution in [-0.2, 0) is 6.54 Å². The smallest absolute Gasteiger partial charge is 0.336 e. The molecule has 1 aromatic rings. The molecule has 0 aliphatic rings. The number of carboxylic acids is 1. The maximum absolute atomic E-state index is 10.8. The second-order valence-corrected chi connectivity index (χ2v) is 3.66. The van der Waals surface area contributed by atoms with E-state index in [9.17, 15) is 4.79 Å². The van der Waals surface area contributed by atoms with Crippen molar-refractivity contribution < 1.29 is 9.90 Å². The first kappa shape index (κ1) is 10.2. The molecule has 0 aromatic heterocycles. The van der Waals surface area contributed by atoms with Crippen molar-refractivity contribution in [1.29, 1.82) is 0 Å². The lowest BCUT2D eigenvalue weighted by molar-refractivity contribution is 0.0696. The molecular weight excluding hydrogens is 234 g/mol. The van der Waals surface area contributed by atoms with Crippen molar-refractivity contribution in [1.82, 2.24) is 0 Å². The van der Waals surface area contributed by atoms with Crippen molar-refractivity contribution in [2.45, 2.75) is 13.5 Å². The SMILES string of the molecule is Cc1c(CN)cc(Br)cc1C(=O)O. The molecule has 70 valence electrons. The Labute approximate surface area is 84.7 Å². The average Bonchev–Trinajstić information content (AvgIpc) is 2.08. The minimum absolute atomic E-state index is 0.301. The first-order chi connectivity index (χ1) is 6.06. The zero-order chi connectivity index (χ0) is 10.0. The molecular formula is C9H10BrNO2. The molecule has 4 heteroatoms. The van der Waals surface area contributed by atoms with E-state index >= 15 is 0 Å². The standard InChI is InChI=1S/C9H10BrNO2/c1-5-6(4-11)2-7(10)3-8(5)9(12)13/h2-3H,4,11H2,1H3,(H,12,13). The molecule has 0 unspecified atom stereocenters. The summed E-state index contributed by atoms with van der Waals surface area (Å²) in [5.74, 6) is -0.923. The van der Waals surface area contributed by atoms with Crippen LogP contribution in [0.1, 0.15) is 21.5 Å². The number of carbonyl (C=O) groups is 1. The molecule has 3 N–H and O–H groups in total. The Hall–Kier alpha value is -0.870. The van der Waals surface area contributed by atoms with Gasteiger partial charge in [-0.2, -0.15) is 0 Å². The number of benzene rings is 1. The minimum atomic E-state index is -0.923. The van der Waals surface area contributed by atoms with Gasteiger partial charge in [-0.15, -0.1) is 0 Å². The van der Waals surface area contributed by atoms with Gasteiger partial charge < -0.3 is 10.8 Å². The predicted molar refractivity (Wildman–Crippen MR) is 53.7 cm³/mol. The van der Waals surface area contributed by atoms with Crippen molar-refractivity contribution in [2.24, 2.45) is 5.73 Å². The van der Waals surface area contributed by atoms with Crippen LogP contribution in [0, 0.1) is 6.92 Å². The van der Waals surface area contributed by atoms with Gasteiger partial charge in [0.1, 0.15) is 0 Å². The van der Waals surface area contributed by atoms with Gasteiger partial charge in [0.25, 0.3) is 0 Å². The van der Waals surface area contributed by atoms with Crippen LogP contribution in [0.15, 0.2) is 16.6 Å². The van der Waals surface area contributed by atoms with Crippen molar-refractivity contribution in [3.05, 3.63) is 33.3 Å². The normalized spacial score (nSPS) is 10.1. The fourth-order valence-electron chi connectivity index (χ4n) is 1.17. The van der Waals surface area contributed by atoms with Gasteiger partial charge >= 0.3 is 5.97 Å². The van der Waals surface area contributed by atoms with Crippen LogP contribution in [0.2, 0.25) is 0 Å². The van der Waals surface area contributed by atoms with Crippen LogP contribution in [-0.4, -0.2) is 11.1 Å². The summed E-state index contributed by atoms with van der Waals surface area (Å²) in [6, 6.07) is 3.42. The van der Waals surface area contributed by atoms with Crippen molar-refractivity contribution in [3.63, 3.8) is 0 Å². The summed E-state index contributed by atoms with van der Waals surface area (Å²) in [4.78, 5) is 10.8. The molecule has 0 aliphatic carbocycles. The highest BCUT2D eigenvalue weighted by molar-refractivity contribution is 9.10. The number of aromatic carboxylic acids is 1. The molecule has 13 heavy (non-hydrogen) atoms. The Balaban J connectivity index is 3.35. The van der Waals surface area contributed by atoms with Gasteiger partial charge in [-0.1, -0.05) is 15.9 Å². The highest BCUT2D eigenvalue weighted by Crippen LogP contribution is 2.20. The van der Waals surface area contributed by atoms with Gasteiger partial charge in [-0.05, 0) is 30.2 Å². The van der Waals surface area contributed by atoms with E-state index in [4.69, 9.17) is 10.8 Å². The fraction of sp³-hybridized carbons (Fsp3) is 0.222. The van der Waals surface area contributed by atoms with Crippen molar-refractivity contribution in [2.75, 3.05) is 0 Å². The Morgan fingerprint density at radius 3 is 2.69 bits per heavy atom. The van der Waals surface area contributed by atoms with Gasteiger partial charge in [-0.25, -0.2) is 4.79 Å². The number of halogens is 1. The van der Waals surface area contributed by atoms with Crippen LogP contribution >= 0.6 is 15.9 Å². The molecule has 0 atom stereocenters. The summed E-state index contributed by atoms with van der Waals surface area (Å²) in [5.41, 5.74) is 7.36. The first-order valence-corrected chi connectivity index (χ1v) is 4.58. The second-order valence-electron chi connectivity index (χ2n) is 2.75. The summed E-state index contributed by atoms with van der Waals surface area (Å²) in [6.45, 7) is 2.11. The molecule has 0 fully saturated rings. The molecule has 0 radical (unpaired) electrons. The molecule has 0 spiro atoms. The summed E-state index contributed by atoms with van der Waals surface area (Å²) >= 11 is 3.24. The summed E-state index contributed by atoms with van der Waals surface area (Å²) in [5, 5.41) is 8.85. The maximum Gasteiger partial charge on any atom is 0.336 e. The molecule has 0 aliphatic heterocycles. The lowest BCUT2D eigenvalue weighted by Crippen LogP contribution is -2.06. The monoisotopic (exact) mass is 243 g/mol. The van der Waals surface area contributed by atoms with E-state index in [2.05, 4.69) is 15.9 Å². The zero-order valence-electron chi connectivity index (χ0n) is 7.17. The predicted octanol–water partition coefficient (Wildman–Crippen LogP) is 1.91. The summed E-state index contributed by atoms with van der Waals surface area (Å²) in [6.07, 6.45) is 0. The molecule has 0 saturated carbocycles. The van der Waals surface area contributed by atoms with E-state index in [1.54, 1.807) is 13.0 Å². The molecule has 0 amide bonds.